The summed E-state index contributed by atoms with van der Waals surface area (Å²) in [5.74, 6) is -0.355. The standard InChI is InChI=1S/C14H10ClFO2/c15-12-7-14(11(8-17)6-13(12)16)18-9-10-4-2-1-3-5-10/h1-8H,9H2. The van der Waals surface area contributed by atoms with Crippen LogP contribution in [0.5, 0.6) is 5.75 Å². The molecule has 4 heteroatoms. The molecule has 0 saturated carbocycles. The fraction of sp³-hybridized carbons (Fsp3) is 0.0714. The van der Waals surface area contributed by atoms with Gasteiger partial charge in [-0.05, 0) is 11.6 Å². The van der Waals surface area contributed by atoms with Crippen LogP contribution in [0, 0.1) is 5.82 Å². The average Bonchev–Trinajstić information content (AvgIpc) is 2.41. The van der Waals surface area contributed by atoms with Gasteiger partial charge in [-0.3, -0.25) is 4.79 Å². The third-order valence-electron chi connectivity index (χ3n) is 2.42. The molecule has 0 aliphatic carbocycles. The Morgan fingerprint density at radius 2 is 1.94 bits per heavy atom. The molecule has 2 nitrogen and oxygen atoms in total. The number of halogens is 2. The van der Waals surface area contributed by atoms with Crippen LogP contribution < -0.4 is 4.74 Å². The fourth-order valence-electron chi connectivity index (χ4n) is 1.50. The van der Waals surface area contributed by atoms with Gasteiger partial charge in [-0.1, -0.05) is 41.9 Å². The van der Waals surface area contributed by atoms with Crippen LogP contribution in [0.25, 0.3) is 0 Å². The molecule has 0 radical (unpaired) electrons. The van der Waals surface area contributed by atoms with E-state index >= 15 is 0 Å². The number of benzene rings is 2. The normalized spacial score (nSPS) is 10.1. The summed E-state index contributed by atoms with van der Waals surface area (Å²) >= 11 is 5.65. The van der Waals surface area contributed by atoms with Gasteiger partial charge in [-0.25, -0.2) is 4.39 Å². The lowest BCUT2D eigenvalue weighted by molar-refractivity contribution is 0.111. The smallest absolute Gasteiger partial charge is 0.153 e. The molecule has 0 heterocycles. The Morgan fingerprint density at radius 3 is 2.61 bits per heavy atom. The van der Waals surface area contributed by atoms with Crippen LogP contribution in [0.1, 0.15) is 15.9 Å². The van der Waals surface area contributed by atoms with Gasteiger partial charge in [0.1, 0.15) is 18.2 Å². The summed E-state index contributed by atoms with van der Waals surface area (Å²) < 4.78 is 18.6. The third-order valence-corrected chi connectivity index (χ3v) is 2.71. The van der Waals surface area contributed by atoms with Crippen LogP contribution in [-0.4, -0.2) is 6.29 Å². The van der Waals surface area contributed by atoms with Crippen molar-refractivity contribution in [1.29, 1.82) is 0 Å². The Kier molecular flexibility index (Phi) is 3.95. The number of hydrogen-bond donors (Lipinski definition) is 0. The van der Waals surface area contributed by atoms with Gasteiger partial charge in [0.15, 0.2) is 6.29 Å². The number of ether oxygens (including phenoxy) is 1. The van der Waals surface area contributed by atoms with Gasteiger partial charge >= 0.3 is 0 Å². The van der Waals surface area contributed by atoms with E-state index in [-0.39, 0.29) is 16.3 Å². The van der Waals surface area contributed by atoms with E-state index < -0.39 is 5.82 Å². The highest BCUT2D eigenvalue weighted by atomic mass is 35.5. The molecular formula is C14H10ClFO2. The molecule has 2 aromatic rings. The lowest BCUT2D eigenvalue weighted by atomic mass is 10.2. The molecule has 0 aliphatic heterocycles. The van der Waals surface area contributed by atoms with Crippen LogP contribution in [0.2, 0.25) is 5.02 Å². The van der Waals surface area contributed by atoms with E-state index in [9.17, 15) is 9.18 Å². The molecule has 2 rings (SSSR count). The molecule has 18 heavy (non-hydrogen) atoms. The molecule has 92 valence electrons. The Morgan fingerprint density at radius 1 is 1.22 bits per heavy atom. The van der Waals surface area contributed by atoms with Crippen LogP contribution >= 0.6 is 11.6 Å². The summed E-state index contributed by atoms with van der Waals surface area (Å²) in [4.78, 5) is 10.8. The number of hydrogen-bond acceptors (Lipinski definition) is 2. The van der Waals surface area contributed by atoms with Crippen molar-refractivity contribution in [2.75, 3.05) is 0 Å². The summed E-state index contributed by atoms with van der Waals surface area (Å²) in [6.45, 7) is 0.295. The zero-order chi connectivity index (χ0) is 13.0. The second kappa shape index (κ2) is 5.65. The zero-order valence-corrected chi connectivity index (χ0v) is 10.2. The number of carbonyl (C=O) groups is 1. The van der Waals surface area contributed by atoms with E-state index in [4.69, 9.17) is 16.3 Å². The molecule has 0 fully saturated rings. The Labute approximate surface area is 109 Å². The SMILES string of the molecule is O=Cc1cc(F)c(Cl)cc1OCc1ccccc1. The summed E-state index contributed by atoms with van der Waals surface area (Å²) in [5.41, 5.74) is 1.10. The van der Waals surface area contributed by atoms with E-state index in [1.165, 1.54) is 6.07 Å². The van der Waals surface area contributed by atoms with Crippen molar-refractivity contribution in [3.05, 3.63) is 64.4 Å². The molecule has 2 aromatic carbocycles. The minimum absolute atomic E-state index is 0.0661. The van der Waals surface area contributed by atoms with E-state index in [2.05, 4.69) is 0 Å². The average molecular weight is 265 g/mol. The maximum atomic E-state index is 13.2. The molecule has 0 aliphatic rings. The second-order valence-electron chi connectivity index (χ2n) is 3.70. The first kappa shape index (κ1) is 12.6. The second-order valence-corrected chi connectivity index (χ2v) is 4.10. The first-order valence-electron chi connectivity index (χ1n) is 5.31. The van der Waals surface area contributed by atoms with Gasteiger partial charge in [-0.2, -0.15) is 0 Å². The van der Waals surface area contributed by atoms with Gasteiger partial charge in [0.2, 0.25) is 0 Å². The molecule has 0 N–H and O–H groups in total. The van der Waals surface area contributed by atoms with E-state index in [0.29, 0.717) is 12.9 Å². The molecule has 0 amide bonds. The van der Waals surface area contributed by atoms with Crippen molar-refractivity contribution in [3.63, 3.8) is 0 Å². The number of carbonyl (C=O) groups excluding carboxylic acids is 1. The van der Waals surface area contributed by atoms with Gasteiger partial charge in [0.25, 0.3) is 0 Å². The molecule has 0 atom stereocenters. The summed E-state index contributed by atoms with van der Waals surface area (Å²) in [6, 6.07) is 11.8. The van der Waals surface area contributed by atoms with Gasteiger partial charge in [-0.15, -0.1) is 0 Å². The molecular weight excluding hydrogens is 255 g/mol. The molecule has 0 saturated heterocycles. The van der Waals surface area contributed by atoms with Crippen LogP contribution in [0.4, 0.5) is 4.39 Å². The monoisotopic (exact) mass is 264 g/mol. The largest absolute Gasteiger partial charge is 0.488 e. The van der Waals surface area contributed by atoms with Crippen molar-refractivity contribution < 1.29 is 13.9 Å². The summed E-state index contributed by atoms with van der Waals surface area (Å²) in [5, 5.41) is -0.0661. The molecule has 0 spiro atoms. The summed E-state index contributed by atoms with van der Waals surface area (Å²) in [7, 11) is 0. The van der Waals surface area contributed by atoms with Crippen LogP contribution in [-0.2, 0) is 6.61 Å². The van der Waals surface area contributed by atoms with Gasteiger partial charge < -0.3 is 4.74 Å². The predicted octanol–water partition coefficient (Wildman–Crippen LogP) is 3.87. The van der Waals surface area contributed by atoms with E-state index in [1.54, 1.807) is 0 Å². The zero-order valence-electron chi connectivity index (χ0n) is 9.40. The van der Waals surface area contributed by atoms with Gasteiger partial charge in [0.05, 0.1) is 10.6 Å². The topological polar surface area (TPSA) is 26.3 Å². The number of rotatable bonds is 4. The predicted molar refractivity (Wildman–Crippen MR) is 67.6 cm³/mol. The molecule has 0 unspecified atom stereocenters. The maximum absolute atomic E-state index is 13.2. The minimum Gasteiger partial charge on any atom is -0.488 e. The highest BCUT2D eigenvalue weighted by Gasteiger charge is 2.09. The van der Waals surface area contributed by atoms with Crippen LogP contribution in [0.3, 0.4) is 0 Å². The lowest BCUT2D eigenvalue weighted by Gasteiger charge is -2.09. The van der Waals surface area contributed by atoms with Crippen molar-refractivity contribution >= 4 is 17.9 Å². The van der Waals surface area contributed by atoms with Crippen molar-refractivity contribution in [2.45, 2.75) is 6.61 Å². The molecule has 0 bridgehead atoms. The lowest BCUT2D eigenvalue weighted by Crippen LogP contribution is -1.99. The fourth-order valence-corrected chi connectivity index (χ4v) is 1.65. The van der Waals surface area contributed by atoms with Gasteiger partial charge in [0, 0.05) is 6.07 Å². The number of aldehydes is 1. The van der Waals surface area contributed by atoms with E-state index in [0.717, 1.165) is 11.6 Å². The van der Waals surface area contributed by atoms with Crippen molar-refractivity contribution in [1.82, 2.24) is 0 Å². The first-order valence-corrected chi connectivity index (χ1v) is 5.69. The maximum Gasteiger partial charge on any atom is 0.153 e. The molecule has 0 aromatic heterocycles. The highest BCUT2D eigenvalue weighted by molar-refractivity contribution is 6.31. The third kappa shape index (κ3) is 2.87. The Hall–Kier alpha value is -1.87. The van der Waals surface area contributed by atoms with Crippen molar-refractivity contribution in [2.24, 2.45) is 0 Å². The van der Waals surface area contributed by atoms with Crippen LogP contribution in [0.15, 0.2) is 42.5 Å². The van der Waals surface area contributed by atoms with E-state index in [1.807, 2.05) is 30.3 Å². The van der Waals surface area contributed by atoms with Crippen molar-refractivity contribution in [3.8, 4) is 5.75 Å². The Bertz CT molecular complexity index is 555. The quantitative estimate of drug-likeness (QED) is 0.784. The Balaban J connectivity index is 2.19. The minimum atomic E-state index is -0.633. The summed E-state index contributed by atoms with van der Waals surface area (Å²) in [6.07, 6.45) is 0.541. The first-order chi connectivity index (χ1) is 8.70. The highest BCUT2D eigenvalue weighted by Crippen LogP contribution is 2.26.